The van der Waals surface area contributed by atoms with Crippen molar-refractivity contribution in [2.45, 2.75) is 36.7 Å². The van der Waals surface area contributed by atoms with Gasteiger partial charge >= 0.3 is 0 Å². The Bertz CT molecular complexity index is 643. The van der Waals surface area contributed by atoms with Crippen LogP contribution in [0.1, 0.15) is 25.3 Å². The van der Waals surface area contributed by atoms with Gasteiger partial charge in [0.1, 0.15) is 0 Å². The fraction of sp³-hybridized carbons (Fsp3) is 0.438. The minimum Gasteiger partial charge on any atom is -0.357 e. The highest BCUT2D eigenvalue weighted by Crippen LogP contribution is 2.30. The van der Waals surface area contributed by atoms with Crippen molar-refractivity contribution in [3.05, 3.63) is 35.9 Å². The Hall–Kier alpha value is -1.60. The van der Waals surface area contributed by atoms with Gasteiger partial charge in [0.15, 0.2) is 4.34 Å². The van der Waals surface area contributed by atoms with E-state index in [-0.39, 0.29) is 5.91 Å². The fourth-order valence-corrected chi connectivity index (χ4v) is 3.86. The number of carbonyl (C=O) groups excluding carboxylic acids is 1. The van der Waals surface area contributed by atoms with Crippen LogP contribution in [0.3, 0.4) is 0 Å². The molecule has 1 fully saturated rings. The molecule has 1 aromatic carbocycles. The van der Waals surface area contributed by atoms with Gasteiger partial charge in [-0.1, -0.05) is 53.4 Å². The molecule has 23 heavy (non-hydrogen) atoms. The maximum absolute atomic E-state index is 12.4. The molecule has 122 valence electrons. The van der Waals surface area contributed by atoms with Crippen molar-refractivity contribution in [2.24, 2.45) is 0 Å². The molecule has 5 nitrogen and oxygen atoms in total. The third-order valence-corrected chi connectivity index (χ3v) is 5.55. The van der Waals surface area contributed by atoms with E-state index in [0.29, 0.717) is 24.9 Å². The highest BCUT2D eigenvalue weighted by atomic mass is 32.2. The summed E-state index contributed by atoms with van der Waals surface area (Å²) in [5, 5.41) is 12.4. The van der Waals surface area contributed by atoms with Crippen molar-refractivity contribution in [2.75, 3.05) is 17.6 Å². The maximum Gasteiger partial charge on any atom is 0.233 e. The first-order valence-corrected chi connectivity index (χ1v) is 9.59. The zero-order chi connectivity index (χ0) is 16.1. The Balaban J connectivity index is 1.49. The quantitative estimate of drug-likeness (QED) is 0.742. The van der Waals surface area contributed by atoms with Crippen LogP contribution in [-0.2, 0) is 11.3 Å². The van der Waals surface area contributed by atoms with Crippen molar-refractivity contribution >= 4 is 34.1 Å². The molecule has 1 N–H and O–H groups in total. The predicted octanol–water partition coefficient (Wildman–Crippen LogP) is 3.25. The van der Waals surface area contributed by atoms with Crippen LogP contribution in [0.25, 0.3) is 0 Å². The second-order valence-electron chi connectivity index (χ2n) is 5.47. The Morgan fingerprint density at radius 1 is 1.35 bits per heavy atom. The van der Waals surface area contributed by atoms with Gasteiger partial charge in [-0.2, -0.15) is 0 Å². The molecule has 0 bridgehead atoms. The lowest BCUT2D eigenvalue weighted by molar-refractivity contribution is -0.128. The van der Waals surface area contributed by atoms with E-state index < -0.39 is 0 Å². The molecule has 3 rings (SSSR count). The SMILES string of the molecule is CCN(Cc1ccccc1)C(=O)CSc1nnc(NC2CC2)s1. The predicted molar refractivity (Wildman–Crippen MR) is 94.8 cm³/mol. The van der Waals surface area contributed by atoms with Gasteiger partial charge in [-0.05, 0) is 25.3 Å². The summed E-state index contributed by atoms with van der Waals surface area (Å²) in [7, 11) is 0. The van der Waals surface area contributed by atoms with E-state index in [1.54, 1.807) is 0 Å². The van der Waals surface area contributed by atoms with E-state index >= 15 is 0 Å². The number of hydrogen-bond donors (Lipinski definition) is 1. The minimum absolute atomic E-state index is 0.133. The van der Waals surface area contributed by atoms with Crippen LogP contribution in [-0.4, -0.2) is 39.3 Å². The van der Waals surface area contributed by atoms with Crippen LogP contribution in [0.5, 0.6) is 0 Å². The van der Waals surface area contributed by atoms with Crippen molar-refractivity contribution in [3.63, 3.8) is 0 Å². The Kier molecular flexibility index (Phi) is 5.51. The smallest absolute Gasteiger partial charge is 0.233 e. The molecule has 1 heterocycles. The van der Waals surface area contributed by atoms with E-state index in [0.717, 1.165) is 15.0 Å². The summed E-state index contributed by atoms with van der Waals surface area (Å²) in [5.74, 6) is 0.534. The molecular formula is C16H20N4OS2. The molecule has 0 atom stereocenters. The molecule has 7 heteroatoms. The molecule has 0 aliphatic heterocycles. The first-order valence-electron chi connectivity index (χ1n) is 7.79. The number of rotatable bonds is 8. The average Bonchev–Trinajstić information content (AvgIpc) is 3.28. The van der Waals surface area contributed by atoms with Crippen LogP contribution in [0.15, 0.2) is 34.7 Å². The molecule has 1 aliphatic rings. The zero-order valence-electron chi connectivity index (χ0n) is 13.1. The molecule has 2 aromatic rings. The van der Waals surface area contributed by atoms with E-state index in [1.165, 1.54) is 35.9 Å². The number of aromatic nitrogens is 2. The molecule has 0 radical (unpaired) electrons. The van der Waals surface area contributed by atoms with Crippen molar-refractivity contribution in [1.82, 2.24) is 15.1 Å². The standard InChI is InChI=1S/C16H20N4OS2/c1-2-20(10-12-6-4-3-5-7-12)14(21)11-22-16-19-18-15(23-16)17-13-8-9-13/h3-7,13H,2,8-11H2,1H3,(H,17,18). The number of benzene rings is 1. The lowest BCUT2D eigenvalue weighted by Crippen LogP contribution is -2.31. The Labute approximate surface area is 144 Å². The number of anilines is 1. The molecule has 0 saturated heterocycles. The summed E-state index contributed by atoms with van der Waals surface area (Å²) >= 11 is 2.99. The summed E-state index contributed by atoms with van der Waals surface area (Å²) < 4.78 is 0.845. The first-order chi connectivity index (χ1) is 11.2. The van der Waals surface area contributed by atoms with Crippen molar-refractivity contribution in [1.29, 1.82) is 0 Å². The minimum atomic E-state index is 0.133. The Morgan fingerprint density at radius 3 is 2.83 bits per heavy atom. The molecule has 1 saturated carbocycles. The lowest BCUT2D eigenvalue weighted by Gasteiger charge is -2.20. The zero-order valence-corrected chi connectivity index (χ0v) is 14.7. The van der Waals surface area contributed by atoms with Crippen LogP contribution in [0.4, 0.5) is 5.13 Å². The second-order valence-corrected chi connectivity index (χ2v) is 7.67. The molecule has 1 aromatic heterocycles. The first kappa shape index (κ1) is 16.3. The Morgan fingerprint density at radius 2 is 2.13 bits per heavy atom. The normalized spacial score (nSPS) is 13.8. The molecule has 1 amide bonds. The lowest BCUT2D eigenvalue weighted by atomic mass is 10.2. The molecular weight excluding hydrogens is 328 g/mol. The number of amides is 1. The van der Waals surface area contributed by atoms with Crippen LogP contribution < -0.4 is 5.32 Å². The van der Waals surface area contributed by atoms with Gasteiger partial charge in [-0.25, -0.2) is 0 Å². The van der Waals surface area contributed by atoms with E-state index in [1.807, 2.05) is 42.2 Å². The van der Waals surface area contributed by atoms with Gasteiger partial charge in [-0.3, -0.25) is 4.79 Å². The number of thioether (sulfide) groups is 1. The van der Waals surface area contributed by atoms with Crippen LogP contribution >= 0.6 is 23.1 Å². The third-order valence-electron chi connectivity index (χ3n) is 3.58. The molecule has 0 spiro atoms. The second kappa shape index (κ2) is 7.79. The number of hydrogen-bond acceptors (Lipinski definition) is 6. The van der Waals surface area contributed by atoms with Crippen LogP contribution in [0.2, 0.25) is 0 Å². The maximum atomic E-state index is 12.4. The monoisotopic (exact) mass is 348 g/mol. The summed E-state index contributed by atoms with van der Waals surface area (Å²) in [6.45, 7) is 3.37. The van der Waals surface area contributed by atoms with Gasteiger partial charge < -0.3 is 10.2 Å². The van der Waals surface area contributed by atoms with Gasteiger partial charge in [0.2, 0.25) is 11.0 Å². The molecule has 0 unspecified atom stereocenters. The van der Waals surface area contributed by atoms with Gasteiger partial charge in [0.05, 0.1) is 5.75 Å². The van der Waals surface area contributed by atoms with Crippen molar-refractivity contribution < 1.29 is 4.79 Å². The van der Waals surface area contributed by atoms with Gasteiger partial charge in [0, 0.05) is 19.1 Å². The fourth-order valence-electron chi connectivity index (χ4n) is 2.12. The summed E-state index contributed by atoms with van der Waals surface area (Å²) in [5.41, 5.74) is 1.15. The largest absolute Gasteiger partial charge is 0.357 e. The average molecular weight is 348 g/mol. The number of carbonyl (C=O) groups is 1. The molecule has 1 aliphatic carbocycles. The van der Waals surface area contributed by atoms with E-state index in [4.69, 9.17) is 0 Å². The van der Waals surface area contributed by atoms with Gasteiger partial charge in [0.25, 0.3) is 0 Å². The van der Waals surface area contributed by atoms with Crippen molar-refractivity contribution in [3.8, 4) is 0 Å². The summed E-state index contributed by atoms with van der Waals surface area (Å²) in [6.07, 6.45) is 2.43. The van der Waals surface area contributed by atoms with E-state index in [9.17, 15) is 4.79 Å². The van der Waals surface area contributed by atoms with Gasteiger partial charge in [-0.15, -0.1) is 10.2 Å². The van der Waals surface area contributed by atoms with Crippen LogP contribution in [0, 0.1) is 0 Å². The summed E-state index contributed by atoms with van der Waals surface area (Å²) in [4.78, 5) is 14.3. The third kappa shape index (κ3) is 4.94. The number of nitrogens with one attached hydrogen (secondary N) is 1. The topological polar surface area (TPSA) is 58.1 Å². The number of nitrogens with zero attached hydrogens (tertiary/aromatic N) is 3. The summed E-state index contributed by atoms with van der Waals surface area (Å²) in [6, 6.07) is 10.6. The highest BCUT2D eigenvalue weighted by molar-refractivity contribution is 8.01. The highest BCUT2D eigenvalue weighted by Gasteiger charge is 2.22. The van der Waals surface area contributed by atoms with E-state index in [2.05, 4.69) is 15.5 Å².